The topological polar surface area (TPSA) is 66.1 Å². The van der Waals surface area contributed by atoms with Crippen LogP contribution in [-0.2, 0) is 6.54 Å². The number of H-pyrrole nitrogens is 1. The molecule has 1 amide bonds. The van der Waals surface area contributed by atoms with Crippen molar-refractivity contribution in [2.75, 3.05) is 7.05 Å². The standard InChI is InChI=1S/C19H14ClN3O2S/c1-23(10-15-21-13-8-4-2-6-11(13)18(24)22-15)19(25)17-16(20)12-7-3-5-9-14(12)26-17/h2-9H,10H2,1H3,(H,21,22,24). The highest BCUT2D eigenvalue weighted by Crippen LogP contribution is 2.35. The maximum Gasteiger partial charge on any atom is 0.265 e. The molecule has 0 radical (unpaired) electrons. The third-order valence-corrected chi connectivity index (χ3v) is 5.79. The molecule has 0 aliphatic heterocycles. The number of carbonyl (C=O) groups is 1. The Bertz CT molecular complexity index is 1200. The van der Waals surface area contributed by atoms with Gasteiger partial charge in [0.1, 0.15) is 10.7 Å². The summed E-state index contributed by atoms with van der Waals surface area (Å²) in [5, 5.41) is 1.85. The molecular weight excluding hydrogens is 370 g/mol. The van der Waals surface area contributed by atoms with Gasteiger partial charge in [-0.2, -0.15) is 0 Å². The quantitative estimate of drug-likeness (QED) is 0.580. The Morgan fingerprint density at radius 1 is 1.15 bits per heavy atom. The van der Waals surface area contributed by atoms with Crippen LogP contribution in [0.1, 0.15) is 15.5 Å². The zero-order valence-corrected chi connectivity index (χ0v) is 15.4. The summed E-state index contributed by atoms with van der Waals surface area (Å²) in [5.41, 5.74) is 0.387. The largest absolute Gasteiger partial charge is 0.333 e. The van der Waals surface area contributed by atoms with Crippen LogP contribution in [0.5, 0.6) is 0 Å². The highest BCUT2D eigenvalue weighted by molar-refractivity contribution is 7.21. The van der Waals surface area contributed by atoms with E-state index in [0.717, 1.165) is 10.1 Å². The molecule has 0 atom stereocenters. The van der Waals surface area contributed by atoms with Crippen LogP contribution in [0, 0.1) is 0 Å². The molecule has 1 N–H and O–H groups in total. The maximum absolute atomic E-state index is 12.8. The number of fused-ring (bicyclic) bond motifs is 2. The summed E-state index contributed by atoms with van der Waals surface area (Å²) < 4.78 is 0.964. The van der Waals surface area contributed by atoms with Crippen molar-refractivity contribution in [2.24, 2.45) is 0 Å². The van der Waals surface area contributed by atoms with E-state index in [2.05, 4.69) is 9.97 Å². The highest BCUT2D eigenvalue weighted by Gasteiger charge is 2.21. The first kappa shape index (κ1) is 16.8. The monoisotopic (exact) mass is 383 g/mol. The van der Waals surface area contributed by atoms with Crippen LogP contribution in [-0.4, -0.2) is 27.8 Å². The van der Waals surface area contributed by atoms with E-state index in [-0.39, 0.29) is 18.0 Å². The second-order valence-electron chi connectivity index (χ2n) is 5.93. The minimum Gasteiger partial charge on any atom is -0.333 e. The van der Waals surface area contributed by atoms with Crippen molar-refractivity contribution in [3.63, 3.8) is 0 Å². The van der Waals surface area contributed by atoms with E-state index in [1.54, 1.807) is 25.2 Å². The molecule has 0 aliphatic carbocycles. The number of para-hydroxylation sites is 1. The average Bonchev–Trinajstić information content (AvgIpc) is 2.98. The Balaban J connectivity index is 1.65. The van der Waals surface area contributed by atoms with Gasteiger partial charge in [0.25, 0.3) is 11.5 Å². The third-order valence-electron chi connectivity index (χ3n) is 4.12. The molecule has 5 nitrogen and oxygen atoms in total. The molecule has 130 valence electrons. The van der Waals surface area contributed by atoms with Gasteiger partial charge in [-0.15, -0.1) is 11.3 Å². The predicted octanol–water partition coefficient (Wildman–Crippen LogP) is 4.06. The number of benzene rings is 2. The molecule has 26 heavy (non-hydrogen) atoms. The number of hydrogen-bond acceptors (Lipinski definition) is 4. The van der Waals surface area contributed by atoms with Crippen LogP contribution in [0.3, 0.4) is 0 Å². The first-order valence-electron chi connectivity index (χ1n) is 7.95. The minimum absolute atomic E-state index is 0.184. The van der Waals surface area contributed by atoms with Crippen molar-refractivity contribution in [3.8, 4) is 0 Å². The minimum atomic E-state index is -0.216. The van der Waals surface area contributed by atoms with Gasteiger partial charge in [-0.3, -0.25) is 9.59 Å². The summed E-state index contributed by atoms with van der Waals surface area (Å²) in [6.07, 6.45) is 0. The zero-order valence-electron chi connectivity index (χ0n) is 13.8. The number of nitrogens with zero attached hydrogens (tertiary/aromatic N) is 2. The number of hydrogen-bond donors (Lipinski definition) is 1. The normalized spacial score (nSPS) is 11.2. The molecule has 4 aromatic rings. The van der Waals surface area contributed by atoms with E-state index in [1.165, 1.54) is 16.2 Å². The van der Waals surface area contributed by atoms with Gasteiger partial charge in [0.15, 0.2) is 0 Å². The fraction of sp³-hybridized carbons (Fsp3) is 0.105. The lowest BCUT2D eigenvalue weighted by Gasteiger charge is -2.16. The van der Waals surface area contributed by atoms with E-state index >= 15 is 0 Å². The van der Waals surface area contributed by atoms with Crippen LogP contribution in [0.2, 0.25) is 5.02 Å². The van der Waals surface area contributed by atoms with Crippen LogP contribution < -0.4 is 5.56 Å². The number of aromatic amines is 1. The van der Waals surface area contributed by atoms with Gasteiger partial charge in [0, 0.05) is 17.1 Å². The van der Waals surface area contributed by atoms with Crippen LogP contribution in [0.25, 0.3) is 21.0 Å². The van der Waals surface area contributed by atoms with E-state index in [0.29, 0.717) is 26.6 Å². The van der Waals surface area contributed by atoms with Gasteiger partial charge >= 0.3 is 0 Å². The summed E-state index contributed by atoms with van der Waals surface area (Å²) in [4.78, 5) is 34.2. The lowest BCUT2D eigenvalue weighted by atomic mass is 10.2. The molecule has 0 spiro atoms. The summed E-state index contributed by atoms with van der Waals surface area (Å²) >= 11 is 7.75. The molecular formula is C19H14ClN3O2S. The van der Waals surface area contributed by atoms with Crippen molar-refractivity contribution in [1.82, 2.24) is 14.9 Å². The van der Waals surface area contributed by atoms with Crippen LogP contribution >= 0.6 is 22.9 Å². The molecule has 2 aromatic heterocycles. The van der Waals surface area contributed by atoms with Gasteiger partial charge in [0.05, 0.1) is 22.5 Å². The fourth-order valence-electron chi connectivity index (χ4n) is 2.83. The molecule has 0 fully saturated rings. The van der Waals surface area contributed by atoms with Gasteiger partial charge in [-0.1, -0.05) is 41.9 Å². The number of thiophene rings is 1. The molecule has 0 saturated heterocycles. The Morgan fingerprint density at radius 3 is 2.62 bits per heavy atom. The van der Waals surface area contributed by atoms with Crippen molar-refractivity contribution < 1.29 is 4.79 Å². The lowest BCUT2D eigenvalue weighted by Crippen LogP contribution is -2.28. The van der Waals surface area contributed by atoms with Gasteiger partial charge < -0.3 is 9.88 Å². The van der Waals surface area contributed by atoms with E-state index in [9.17, 15) is 9.59 Å². The van der Waals surface area contributed by atoms with Gasteiger partial charge in [-0.05, 0) is 18.2 Å². The Kier molecular flexibility index (Phi) is 4.22. The SMILES string of the molecule is CN(Cc1nc2ccccc2c(=O)[nH]1)C(=O)c1sc2ccccc2c1Cl. The summed E-state index contributed by atoms with van der Waals surface area (Å²) in [6, 6.07) is 14.7. The summed E-state index contributed by atoms with van der Waals surface area (Å²) in [7, 11) is 1.66. The van der Waals surface area contributed by atoms with Crippen LogP contribution in [0.15, 0.2) is 53.3 Å². The van der Waals surface area contributed by atoms with Crippen molar-refractivity contribution >= 4 is 49.8 Å². The molecule has 2 heterocycles. The number of carbonyl (C=O) groups excluding carboxylic acids is 1. The van der Waals surface area contributed by atoms with Crippen molar-refractivity contribution in [3.05, 3.63) is 74.6 Å². The first-order valence-corrected chi connectivity index (χ1v) is 9.14. The summed E-state index contributed by atoms with van der Waals surface area (Å²) in [6.45, 7) is 0.184. The molecule has 0 saturated carbocycles. The smallest absolute Gasteiger partial charge is 0.265 e. The van der Waals surface area contributed by atoms with Crippen molar-refractivity contribution in [2.45, 2.75) is 6.54 Å². The predicted molar refractivity (Wildman–Crippen MR) is 105 cm³/mol. The molecule has 4 rings (SSSR count). The zero-order chi connectivity index (χ0) is 18.3. The van der Waals surface area contributed by atoms with E-state index < -0.39 is 0 Å². The van der Waals surface area contributed by atoms with Crippen LogP contribution in [0.4, 0.5) is 0 Å². The number of amides is 1. The number of nitrogens with one attached hydrogen (secondary N) is 1. The van der Waals surface area contributed by atoms with Crippen molar-refractivity contribution in [1.29, 1.82) is 0 Å². The summed E-state index contributed by atoms with van der Waals surface area (Å²) in [5.74, 6) is 0.230. The number of halogens is 1. The van der Waals surface area contributed by atoms with E-state index in [4.69, 9.17) is 11.6 Å². The van der Waals surface area contributed by atoms with Gasteiger partial charge in [-0.25, -0.2) is 4.98 Å². The number of rotatable bonds is 3. The molecule has 7 heteroatoms. The number of aromatic nitrogens is 2. The Morgan fingerprint density at radius 2 is 1.85 bits per heavy atom. The van der Waals surface area contributed by atoms with E-state index in [1.807, 2.05) is 30.3 Å². The van der Waals surface area contributed by atoms with Gasteiger partial charge in [0.2, 0.25) is 0 Å². The Hall–Kier alpha value is -2.70. The second-order valence-corrected chi connectivity index (χ2v) is 7.36. The maximum atomic E-state index is 12.8. The fourth-order valence-corrected chi connectivity index (χ4v) is 4.34. The first-order chi connectivity index (χ1) is 12.5. The second kappa shape index (κ2) is 6.55. The molecule has 0 unspecified atom stereocenters. The molecule has 0 bridgehead atoms. The molecule has 0 aliphatic rings. The third kappa shape index (κ3) is 2.87. The Labute approximate surface area is 157 Å². The average molecular weight is 384 g/mol. The molecule has 2 aromatic carbocycles. The highest BCUT2D eigenvalue weighted by atomic mass is 35.5. The lowest BCUT2D eigenvalue weighted by molar-refractivity contribution is 0.0786.